The molecular formula is C15H10Cl2F3N5S. The number of hydrogen-bond acceptors (Lipinski definition) is 5. The van der Waals surface area contributed by atoms with E-state index < -0.39 is 11.7 Å². The number of anilines is 3. The molecule has 11 heteroatoms. The van der Waals surface area contributed by atoms with Crippen LogP contribution in [0.5, 0.6) is 0 Å². The van der Waals surface area contributed by atoms with Gasteiger partial charge in [0.2, 0.25) is 11.9 Å². The van der Waals surface area contributed by atoms with Gasteiger partial charge in [-0.3, -0.25) is 0 Å². The predicted molar refractivity (Wildman–Crippen MR) is 96.1 cm³/mol. The van der Waals surface area contributed by atoms with Crippen LogP contribution in [-0.2, 0) is 6.18 Å². The molecule has 3 aromatic rings. The summed E-state index contributed by atoms with van der Waals surface area (Å²) in [4.78, 5) is 4.69. The molecule has 0 aliphatic carbocycles. The number of aromatic amines is 1. The Morgan fingerprint density at radius 1 is 1.12 bits per heavy atom. The second-order valence-electron chi connectivity index (χ2n) is 5.07. The fraction of sp³-hybridized carbons (Fsp3) is 0.0667. The number of nitrogen functional groups attached to an aromatic ring is 1. The first-order valence-corrected chi connectivity index (χ1v) is 8.58. The molecular weight excluding hydrogens is 410 g/mol. The fourth-order valence-corrected chi connectivity index (χ4v) is 3.64. The van der Waals surface area contributed by atoms with E-state index in [0.717, 1.165) is 23.9 Å². The van der Waals surface area contributed by atoms with Gasteiger partial charge in [0.1, 0.15) is 0 Å². The minimum absolute atomic E-state index is 0.140. The Bertz CT molecular complexity index is 922. The normalized spacial score (nSPS) is 11.6. The van der Waals surface area contributed by atoms with Crippen molar-refractivity contribution in [2.45, 2.75) is 16.0 Å². The molecule has 5 nitrogen and oxygen atoms in total. The summed E-state index contributed by atoms with van der Waals surface area (Å²) in [7, 11) is 0. The van der Waals surface area contributed by atoms with Crippen LogP contribution in [0, 0.1) is 0 Å². The molecule has 0 aliphatic heterocycles. The molecule has 0 saturated carbocycles. The average Bonchev–Trinajstić information content (AvgIpc) is 2.95. The molecule has 136 valence electrons. The van der Waals surface area contributed by atoms with Crippen molar-refractivity contribution in [1.29, 1.82) is 0 Å². The minimum Gasteiger partial charge on any atom is -0.368 e. The molecule has 26 heavy (non-hydrogen) atoms. The van der Waals surface area contributed by atoms with E-state index in [1.807, 2.05) is 0 Å². The number of nitrogens with two attached hydrogens (primary N) is 1. The van der Waals surface area contributed by atoms with E-state index in [1.165, 1.54) is 6.07 Å². The van der Waals surface area contributed by atoms with Crippen molar-refractivity contribution in [1.82, 2.24) is 15.2 Å². The number of aromatic nitrogens is 3. The molecule has 4 N–H and O–H groups in total. The molecule has 0 atom stereocenters. The van der Waals surface area contributed by atoms with Crippen LogP contribution in [0.2, 0.25) is 10.0 Å². The molecule has 0 unspecified atom stereocenters. The van der Waals surface area contributed by atoms with Gasteiger partial charge in [0.05, 0.1) is 15.6 Å². The van der Waals surface area contributed by atoms with E-state index in [2.05, 4.69) is 20.5 Å². The van der Waals surface area contributed by atoms with Crippen LogP contribution in [0.4, 0.5) is 30.8 Å². The van der Waals surface area contributed by atoms with E-state index in [1.54, 1.807) is 18.2 Å². The largest absolute Gasteiger partial charge is 0.416 e. The van der Waals surface area contributed by atoms with Crippen molar-refractivity contribution >= 4 is 52.5 Å². The Morgan fingerprint density at radius 2 is 1.81 bits per heavy atom. The van der Waals surface area contributed by atoms with Crippen LogP contribution in [-0.4, -0.2) is 15.2 Å². The van der Waals surface area contributed by atoms with Gasteiger partial charge in [0.15, 0.2) is 0 Å². The smallest absolute Gasteiger partial charge is 0.368 e. The summed E-state index contributed by atoms with van der Waals surface area (Å²) in [5, 5.41) is 9.70. The Labute approximate surface area is 160 Å². The fourth-order valence-electron chi connectivity index (χ4n) is 2.04. The highest BCUT2D eigenvalue weighted by molar-refractivity contribution is 7.99. The zero-order valence-electron chi connectivity index (χ0n) is 12.7. The van der Waals surface area contributed by atoms with E-state index in [4.69, 9.17) is 28.9 Å². The third-order valence-corrected chi connectivity index (χ3v) is 5.09. The lowest BCUT2D eigenvalue weighted by Gasteiger charge is -2.12. The van der Waals surface area contributed by atoms with Crippen molar-refractivity contribution in [3.63, 3.8) is 0 Å². The highest BCUT2D eigenvalue weighted by atomic mass is 35.5. The summed E-state index contributed by atoms with van der Waals surface area (Å²) >= 11 is 13.5. The van der Waals surface area contributed by atoms with E-state index >= 15 is 0 Å². The van der Waals surface area contributed by atoms with Crippen molar-refractivity contribution in [3.8, 4) is 0 Å². The lowest BCUT2D eigenvalue weighted by atomic mass is 10.2. The summed E-state index contributed by atoms with van der Waals surface area (Å²) in [6.45, 7) is 0. The van der Waals surface area contributed by atoms with Gasteiger partial charge in [0, 0.05) is 15.5 Å². The molecule has 0 aliphatic rings. The summed E-state index contributed by atoms with van der Waals surface area (Å²) in [5.74, 6) is 0.370. The van der Waals surface area contributed by atoms with E-state index in [9.17, 15) is 13.2 Å². The highest BCUT2D eigenvalue weighted by Gasteiger charge is 2.30. The van der Waals surface area contributed by atoms with Gasteiger partial charge < -0.3 is 11.1 Å². The molecule has 1 heterocycles. The second-order valence-corrected chi connectivity index (χ2v) is 6.96. The molecule has 0 radical (unpaired) electrons. The molecule has 3 rings (SSSR count). The summed E-state index contributed by atoms with van der Waals surface area (Å²) in [6.07, 6.45) is -4.42. The zero-order valence-corrected chi connectivity index (χ0v) is 15.1. The Balaban J connectivity index is 1.85. The van der Waals surface area contributed by atoms with Crippen molar-refractivity contribution < 1.29 is 13.2 Å². The van der Waals surface area contributed by atoms with Gasteiger partial charge in [0.25, 0.3) is 0 Å². The number of rotatable bonds is 4. The second kappa shape index (κ2) is 7.26. The van der Waals surface area contributed by atoms with Gasteiger partial charge in [-0.15, -0.1) is 5.10 Å². The van der Waals surface area contributed by atoms with Gasteiger partial charge >= 0.3 is 6.18 Å². The molecule has 0 fully saturated rings. The Kier molecular flexibility index (Phi) is 5.22. The summed E-state index contributed by atoms with van der Waals surface area (Å²) < 4.78 is 38.5. The number of nitrogens with zero attached hydrogens (tertiary/aromatic N) is 2. The van der Waals surface area contributed by atoms with Crippen LogP contribution >= 0.6 is 35.0 Å². The Morgan fingerprint density at radius 3 is 2.38 bits per heavy atom. The summed E-state index contributed by atoms with van der Waals surface area (Å²) in [5.41, 5.74) is 5.21. The maximum absolute atomic E-state index is 12.8. The first-order valence-electron chi connectivity index (χ1n) is 7.01. The molecule has 0 spiro atoms. The van der Waals surface area contributed by atoms with Gasteiger partial charge in [-0.1, -0.05) is 41.0 Å². The van der Waals surface area contributed by atoms with Crippen LogP contribution in [0.3, 0.4) is 0 Å². The first kappa shape index (κ1) is 18.7. The van der Waals surface area contributed by atoms with Gasteiger partial charge in [-0.05, 0) is 30.3 Å². The monoisotopic (exact) mass is 419 g/mol. The van der Waals surface area contributed by atoms with Crippen molar-refractivity contribution in [2.24, 2.45) is 0 Å². The highest BCUT2D eigenvalue weighted by Crippen LogP contribution is 2.42. The SMILES string of the molecule is Nc1nc(Nc2cc(Cl)c(Sc3cccc(C(F)(F)F)c3)c(Cl)c2)n[nH]1. The van der Waals surface area contributed by atoms with Crippen LogP contribution in [0.1, 0.15) is 5.56 Å². The van der Waals surface area contributed by atoms with E-state index in [-0.39, 0.29) is 21.9 Å². The average molecular weight is 420 g/mol. The number of nitrogens with one attached hydrogen (secondary N) is 2. The zero-order chi connectivity index (χ0) is 18.9. The molecule has 0 amide bonds. The predicted octanol–water partition coefficient (Wildman–Crippen LogP) is 5.61. The molecule has 0 bridgehead atoms. The molecule has 0 saturated heterocycles. The minimum atomic E-state index is -4.42. The van der Waals surface area contributed by atoms with Crippen LogP contribution < -0.4 is 11.1 Å². The van der Waals surface area contributed by atoms with Crippen molar-refractivity contribution in [3.05, 3.63) is 52.0 Å². The standard InChI is InChI=1S/C15H10Cl2F3N5S/c16-10-5-8(22-14-23-13(21)24-25-14)6-11(17)12(10)26-9-3-1-2-7(4-9)15(18,19)20/h1-6H,(H4,21,22,23,24,25). The number of alkyl halides is 3. The van der Waals surface area contributed by atoms with E-state index in [0.29, 0.717) is 15.5 Å². The van der Waals surface area contributed by atoms with Gasteiger partial charge in [-0.25, -0.2) is 5.10 Å². The third-order valence-electron chi connectivity index (χ3n) is 3.14. The molecule has 1 aromatic heterocycles. The first-order chi connectivity index (χ1) is 12.2. The maximum atomic E-state index is 12.8. The molecule has 2 aromatic carbocycles. The lowest BCUT2D eigenvalue weighted by molar-refractivity contribution is -0.137. The number of H-pyrrole nitrogens is 1. The third kappa shape index (κ3) is 4.35. The number of halogens is 5. The van der Waals surface area contributed by atoms with Crippen LogP contribution in [0.15, 0.2) is 46.2 Å². The van der Waals surface area contributed by atoms with Gasteiger partial charge in [-0.2, -0.15) is 18.2 Å². The van der Waals surface area contributed by atoms with Crippen molar-refractivity contribution in [2.75, 3.05) is 11.1 Å². The number of benzene rings is 2. The summed E-state index contributed by atoms with van der Waals surface area (Å²) in [6, 6.07) is 8.06. The topological polar surface area (TPSA) is 79.6 Å². The maximum Gasteiger partial charge on any atom is 0.416 e. The number of hydrogen-bond donors (Lipinski definition) is 3. The lowest BCUT2D eigenvalue weighted by Crippen LogP contribution is -2.04. The Hall–Kier alpha value is -2.10. The quantitative estimate of drug-likeness (QED) is 0.512. The van der Waals surface area contributed by atoms with Crippen LogP contribution in [0.25, 0.3) is 0 Å².